The maximum atomic E-state index is 4.79. The zero-order chi connectivity index (χ0) is 15.8. The Morgan fingerprint density at radius 3 is 3.04 bits per heavy atom. The van der Waals surface area contributed by atoms with Crippen molar-refractivity contribution in [3.63, 3.8) is 0 Å². The number of hydrogen-bond acceptors (Lipinski definition) is 3. The molecule has 4 rings (SSSR count). The molecule has 118 valence electrons. The fraction of sp³-hybridized carbons (Fsp3) is 0.368. The minimum Gasteiger partial charge on any atom is -0.361 e. The number of benzene rings is 1. The van der Waals surface area contributed by atoms with Gasteiger partial charge in [0.25, 0.3) is 0 Å². The van der Waals surface area contributed by atoms with E-state index in [1.165, 1.54) is 27.7 Å². The molecule has 23 heavy (non-hydrogen) atoms. The Labute approximate surface area is 136 Å². The molecule has 0 unspecified atom stereocenters. The third-order valence-corrected chi connectivity index (χ3v) is 4.58. The molecule has 0 saturated carbocycles. The SMILES string of the molecule is CC(C)c1ncc2c(n1)CN(Cc1ccc3[nH]ccc3c1)CC2. The highest BCUT2D eigenvalue weighted by atomic mass is 15.1. The van der Waals surface area contributed by atoms with Gasteiger partial charge in [0.2, 0.25) is 0 Å². The van der Waals surface area contributed by atoms with Crippen LogP contribution in [0.4, 0.5) is 0 Å². The molecule has 0 fully saturated rings. The Bertz CT molecular complexity index is 834. The van der Waals surface area contributed by atoms with Crippen LogP contribution in [0.1, 0.15) is 42.4 Å². The summed E-state index contributed by atoms with van der Waals surface area (Å²) in [6.07, 6.45) is 5.07. The van der Waals surface area contributed by atoms with E-state index < -0.39 is 0 Å². The summed E-state index contributed by atoms with van der Waals surface area (Å²) in [4.78, 5) is 15.0. The average Bonchev–Trinajstić information content (AvgIpc) is 3.02. The minimum absolute atomic E-state index is 0.381. The monoisotopic (exact) mass is 306 g/mol. The number of rotatable bonds is 3. The van der Waals surface area contributed by atoms with Gasteiger partial charge in [0.1, 0.15) is 5.82 Å². The van der Waals surface area contributed by atoms with Crippen molar-refractivity contribution in [3.8, 4) is 0 Å². The van der Waals surface area contributed by atoms with Crippen LogP contribution >= 0.6 is 0 Å². The molecule has 2 aromatic heterocycles. The van der Waals surface area contributed by atoms with Gasteiger partial charge >= 0.3 is 0 Å². The summed E-state index contributed by atoms with van der Waals surface area (Å²) in [6.45, 7) is 7.26. The van der Waals surface area contributed by atoms with Gasteiger partial charge in [0.15, 0.2) is 0 Å². The van der Waals surface area contributed by atoms with Crippen molar-refractivity contribution in [2.75, 3.05) is 6.54 Å². The first-order chi connectivity index (χ1) is 11.2. The van der Waals surface area contributed by atoms with E-state index in [9.17, 15) is 0 Å². The minimum atomic E-state index is 0.381. The van der Waals surface area contributed by atoms with Crippen LogP contribution < -0.4 is 0 Å². The molecule has 0 atom stereocenters. The summed E-state index contributed by atoms with van der Waals surface area (Å²) in [6, 6.07) is 8.79. The molecule has 0 aliphatic carbocycles. The standard InChI is InChI=1S/C19H22N4/c1-13(2)19-21-10-16-6-8-23(12-18(16)22-19)11-14-3-4-17-15(9-14)5-7-20-17/h3-5,7,9-10,13,20H,6,8,11-12H2,1-2H3. The number of fused-ring (bicyclic) bond motifs is 2. The quantitative estimate of drug-likeness (QED) is 0.803. The fourth-order valence-electron chi connectivity index (χ4n) is 3.25. The maximum Gasteiger partial charge on any atom is 0.131 e. The van der Waals surface area contributed by atoms with E-state index in [1.807, 2.05) is 12.4 Å². The van der Waals surface area contributed by atoms with E-state index >= 15 is 0 Å². The van der Waals surface area contributed by atoms with E-state index in [1.54, 1.807) is 0 Å². The highest BCUT2D eigenvalue weighted by Crippen LogP contribution is 2.22. The normalized spacial score (nSPS) is 15.3. The van der Waals surface area contributed by atoms with Crippen molar-refractivity contribution in [2.24, 2.45) is 0 Å². The lowest BCUT2D eigenvalue weighted by molar-refractivity contribution is 0.240. The Balaban J connectivity index is 1.53. The van der Waals surface area contributed by atoms with Crippen LogP contribution in [0.3, 0.4) is 0 Å². The van der Waals surface area contributed by atoms with Crippen LogP contribution in [0.2, 0.25) is 0 Å². The smallest absolute Gasteiger partial charge is 0.131 e. The summed E-state index contributed by atoms with van der Waals surface area (Å²) >= 11 is 0. The number of aromatic amines is 1. The van der Waals surface area contributed by atoms with Crippen LogP contribution in [0.25, 0.3) is 10.9 Å². The largest absolute Gasteiger partial charge is 0.361 e. The molecule has 1 aliphatic heterocycles. The molecule has 3 aromatic rings. The van der Waals surface area contributed by atoms with E-state index in [4.69, 9.17) is 4.98 Å². The number of nitrogens with zero attached hydrogens (tertiary/aromatic N) is 3. The van der Waals surface area contributed by atoms with E-state index in [0.717, 1.165) is 31.9 Å². The summed E-state index contributed by atoms with van der Waals surface area (Å²) in [5, 5.41) is 1.28. The number of aromatic nitrogens is 3. The van der Waals surface area contributed by atoms with Gasteiger partial charge in [-0.3, -0.25) is 4.90 Å². The lowest BCUT2D eigenvalue weighted by Crippen LogP contribution is -2.31. The predicted octanol–water partition coefficient (Wildman–Crippen LogP) is 3.64. The van der Waals surface area contributed by atoms with Gasteiger partial charge in [-0.05, 0) is 41.1 Å². The van der Waals surface area contributed by atoms with Gasteiger partial charge in [-0.1, -0.05) is 19.9 Å². The van der Waals surface area contributed by atoms with Gasteiger partial charge in [0.05, 0.1) is 5.69 Å². The number of H-pyrrole nitrogens is 1. The van der Waals surface area contributed by atoms with Gasteiger partial charge in [0, 0.05) is 43.5 Å². The molecule has 4 nitrogen and oxygen atoms in total. The number of hydrogen-bond donors (Lipinski definition) is 1. The molecular formula is C19H22N4. The number of nitrogens with one attached hydrogen (secondary N) is 1. The summed E-state index contributed by atoms with van der Waals surface area (Å²) in [5.41, 5.74) is 5.08. The first kappa shape index (κ1) is 14.4. The highest BCUT2D eigenvalue weighted by molar-refractivity contribution is 5.79. The summed E-state index contributed by atoms with van der Waals surface area (Å²) < 4.78 is 0. The maximum absolute atomic E-state index is 4.79. The third-order valence-electron chi connectivity index (χ3n) is 4.58. The van der Waals surface area contributed by atoms with E-state index in [0.29, 0.717) is 5.92 Å². The first-order valence-corrected chi connectivity index (χ1v) is 8.32. The van der Waals surface area contributed by atoms with Gasteiger partial charge < -0.3 is 4.98 Å². The Kier molecular flexibility index (Phi) is 3.62. The zero-order valence-electron chi connectivity index (χ0n) is 13.7. The third kappa shape index (κ3) is 2.86. The molecule has 1 aliphatic rings. The molecule has 1 N–H and O–H groups in total. The van der Waals surface area contributed by atoms with Crippen molar-refractivity contribution >= 4 is 10.9 Å². The first-order valence-electron chi connectivity index (χ1n) is 8.32. The van der Waals surface area contributed by atoms with Gasteiger partial charge in [-0.15, -0.1) is 0 Å². The molecule has 0 saturated heterocycles. The molecule has 0 spiro atoms. The molecular weight excluding hydrogens is 284 g/mol. The van der Waals surface area contributed by atoms with Crippen molar-refractivity contribution in [1.29, 1.82) is 0 Å². The molecule has 0 amide bonds. The van der Waals surface area contributed by atoms with Gasteiger partial charge in [-0.25, -0.2) is 9.97 Å². The molecule has 0 radical (unpaired) electrons. The van der Waals surface area contributed by atoms with Crippen molar-refractivity contribution in [2.45, 2.75) is 39.3 Å². The van der Waals surface area contributed by atoms with Crippen molar-refractivity contribution in [1.82, 2.24) is 19.9 Å². The lowest BCUT2D eigenvalue weighted by Gasteiger charge is -2.28. The molecule has 1 aromatic carbocycles. The molecule has 3 heterocycles. The van der Waals surface area contributed by atoms with E-state index in [2.05, 4.69) is 53.0 Å². The second-order valence-electron chi connectivity index (χ2n) is 6.71. The fourth-order valence-corrected chi connectivity index (χ4v) is 3.25. The zero-order valence-corrected chi connectivity index (χ0v) is 13.7. The predicted molar refractivity (Wildman–Crippen MR) is 92.2 cm³/mol. The van der Waals surface area contributed by atoms with Crippen LogP contribution in [0, 0.1) is 0 Å². The summed E-state index contributed by atoms with van der Waals surface area (Å²) in [7, 11) is 0. The van der Waals surface area contributed by atoms with E-state index in [-0.39, 0.29) is 0 Å². The molecule has 0 bridgehead atoms. The highest BCUT2D eigenvalue weighted by Gasteiger charge is 2.19. The second-order valence-corrected chi connectivity index (χ2v) is 6.71. The van der Waals surface area contributed by atoms with Crippen molar-refractivity contribution < 1.29 is 0 Å². The molecule has 4 heteroatoms. The van der Waals surface area contributed by atoms with Crippen LogP contribution in [-0.2, 0) is 19.5 Å². The van der Waals surface area contributed by atoms with Crippen LogP contribution in [0.15, 0.2) is 36.7 Å². The Morgan fingerprint density at radius 1 is 1.26 bits per heavy atom. The summed E-state index contributed by atoms with van der Waals surface area (Å²) in [5.74, 6) is 1.34. The Morgan fingerprint density at radius 2 is 2.17 bits per heavy atom. The average molecular weight is 306 g/mol. The van der Waals surface area contributed by atoms with Crippen LogP contribution in [-0.4, -0.2) is 26.4 Å². The second kappa shape index (κ2) is 5.78. The topological polar surface area (TPSA) is 44.8 Å². The lowest BCUT2D eigenvalue weighted by atomic mass is 10.0. The van der Waals surface area contributed by atoms with Gasteiger partial charge in [-0.2, -0.15) is 0 Å². The Hall–Kier alpha value is -2.20. The van der Waals surface area contributed by atoms with Crippen molar-refractivity contribution in [3.05, 3.63) is 59.3 Å². The van der Waals surface area contributed by atoms with Crippen LogP contribution in [0.5, 0.6) is 0 Å².